The number of para-hydroxylation sites is 1. The number of amides is 1. The van der Waals surface area contributed by atoms with Crippen molar-refractivity contribution >= 4 is 16.8 Å². The van der Waals surface area contributed by atoms with Crippen molar-refractivity contribution in [1.82, 2.24) is 14.5 Å². The Morgan fingerprint density at radius 2 is 1.93 bits per heavy atom. The van der Waals surface area contributed by atoms with Gasteiger partial charge in [-0.1, -0.05) is 12.1 Å². The van der Waals surface area contributed by atoms with Crippen LogP contribution in [0.1, 0.15) is 5.56 Å². The summed E-state index contributed by atoms with van der Waals surface area (Å²) in [6, 6.07) is 12.5. The fourth-order valence-electron chi connectivity index (χ4n) is 2.81. The molecule has 7 nitrogen and oxygen atoms in total. The number of carbonyl (C=O) groups is 1. The Kier molecular flexibility index (Phi) is 5.40. The van der Waals surface area contributed by atoms with Gasteiger partial charge in [0.25, 0.3) is 5.56 Å². The van der Waals surface area contributed by atoms with Gasteiger partial charge in [0, 0.05) is 25.2 Å². The third-order valence-corrected chi connectivity index (χ3v) is 4.36. The highest BCUT2D eigenvalue weighted by Crippen LogP contribution is 2.25. The summed E-state index contributed by atoms with van der Waals surface area (Å²) in [5.41, 5.74) is 1.23. The molecule has 3 rings (SSSR count). The number of nitrogens with zero attached hydrogens (tertiary/aromatic N) is 3. The zero-order chi connectivity index (χ0) is 19.4. The molecule has 3 aromatic rings. The minimum Gasteiger partial charge on any atom is -0.497 e. The Morgan fingerprint density at radius 1 is 1.15 bits per heavy atom. The molecule has 0 bridgehead atoms. The average molecular weight is 367 g/mol. The fraction of sp³-hybridized carbons (Fsp3) is 0.250. The van der Waals surface area contributed by atoms with Crippen molar-refractivity contribution in [2.75, 3.05) is 21.3 Å². The second-order valence-electron chi connectivity index (χ2n) is 6.12. The number of methoxy groups -OCH3 is 2. The highest BCUT2D eigenvalue weighted by Gasteiger charge is 2.15. The lowest BCUT2D eigenvalue weighted by atomic mass is 10.1. The molecule has 0 saturated heterocycles. The van der Waals surface area contributed by atoms with E-state index in [1.807, 2.05) is 18.2 Å². The first-order valence-corrected chi connectivity index (χ1v) is 8.42. The number of benzene rings is 2. The van der Waals surface area contributed by atoms with Gasteiger partial charge in [-0.15, -0.1) is 0 Å². The van der Waals surface area contributed by atoms with Crippen molar-refractivity contribution in [2.24, 2.45) is 0 Å². The van der Waals surface area contributed by atoms with E-state index in [9.17, 15) is 9.59 Å². The second-order valence-corrected chi connectivity index (χ2v) is 6.12. The van der Waals surface area contributed by atoms with E-state index in [1.165, 1.54) is 10.9 Å². The van der Waals surface area contributed by atoms with Crippen molar-refractivity contribution in [3.05, 3.63) is 64.7 Å². The maximum atomic E-state index is 12.6. The third kappa shape index (κ3) is 3.92. The summed E-state index contributed by atoms with van der Waals surface area (Å²) >= 11 is 0. The molecule has 0 unspecified atom stereocenters. The normalized spacial score (nSPS) is 10.6. The van der Waals surface area contributed by atoms with Gasteiger partial charge in [-0.05, 0) is 24.3 Å². The highest BCUT2D eigenvalue weighted by atomic mass is 16.5. The van der Waals surface area contributed by atoms with Gasteiger partial charge < -0.3 is 14.4 Å². The summed E-state index contributed by atoms with van der Waals surface area (Å²) in [6.07, 6.45) is 1.41. The Morgan fingerprint density at radius 3 is 2.67 bits per heavy atom. The minimum absolute atomic E-state index is 0.0777. The van der Waals surface area contributed by atoms with Crippen LogP contribution >= 0.6 is 0 Å². The molecule has 0 saturated carbocycles. The molecule has 2 aromatic carbocycles. The minimum atomic E-state index is -0.232. The van der Waals surface area contributed by atoms with Gasteiger partial charge >= 0.3 is 0 Å². The standard InChI is InChI=1S/C20H21N3O4/c1-22(11-14-8-9-15(26-2)10-18(14)27-3)19(24)12-23-13-21-17-7-5-4-6-16(17)20(23)25/h4-10,13H,11-12H2,1-3H3. The molecular weight excluding hydrogens is 346 g/mol. The number of rotatable bonds is 6. The third-order valence-electron chi connectivity index (χ3n) is 4.36. The lowest BCUT2D eigenvalue weighted by molar-refractivity contribution is -0.131. The van der Waals surface area contributed by atoms with Crippen molar-refractivity contribution in [3.63, 3.8) is 0 Å². The molecule has 1 aromatic heterocycles. The summed E-state index contributed by atoms with van der Waals surface area (Å²) in [5.74, 6) is 1.11. The van der Waals surface area contributed by atoms with Gasteiger partial charge in [-0.2, -0.15) is 0 Å². The van der Waals surface area contributed by atoms with E-state index in [4.69, 9.17) is 9.47 Å². The van der Waals surface area contributed by atoms with Crippen molar-refractivity contribution in [2.45, 2.75) is 13.1 Å². The monoisotopic (exact) mass is 367 g/mol. The Labute approximate surface area is 156 Å². The summed E-state index contributed by atoms with van der Waals surface area (Å²) in [4.78, 5) is 30.9. The molecule has 0 aliphatic rings. The van der Waals surface area contributed by atoms with E-state index in [0.717, 1.165) is 5.56 Å². The molecule has 1 amide bonds. The molecular formula is C20H21N3O4. The highest BCUT2D eigenvalue weighted by molar-refractivity contribution is 5.78. The molecule has 0 atom stereocenters. The van der Waals surface area contributed by atoms with Crippen LogP contribution in [0.3, 0.4) is 0 Å². The predicted octanol–water partition coefficient (Wildman–Crippen LogP) is 2.07. The van der Waals surface area contributed by atoms with Crippen LogP contribution in [-0.2, 0) is 17.9 Å². The van der Waals surface area contributed by atoms with E-state index < -0.39 is 0 Å². The molecule has 1 heterocycles. The fourth-order valence-corrected chi connectivity index (χ4v) is 2.81. The SMILES string of the molecule is COc1ccc(CN(C)C(=O)Cn2cnc3ccccc3c2=O)c(OC)c1. The van der Waals surface area contributed by atoms with Crippen molar-refractivity contribution < 1.29 is 14.3 Å². The molecule has 0 aliphatic heterocycles. The quantitative estimate of drug-likeness (QED) is 0.667. The van der Waals surface area contributed by atoms with Gasteiger partial charge in [0.15, 0.2) is 0 Å². The molecule has 27 heavy (non-hydrogen) atoms. The summed E-state index contributed by atoms with van der Waals surface area (Å²) in [7, 11) is 4.84. The zero-order valence-corrected chi connectivity index (χ0v) is 15.5. The van der Waals surface area contributed by atoms with Crippen LogP contribution in [0.4, 0.5) is 0 Å². The van der Waals surface area contributed by atoms with Crippen molar-refractivity contribution in [3.8, 4) is 11.5 Å². The number of carbonyl (C=O) groups excluding carboxylic acids is 1. The second kappa shape index (κ2) is 7.90. The average Bonchev–Trinajstić information content (AvgIpc) is 2.70. The maximum Gasteiger partial charge on any atom is 0.261 e. The van der Waals surface area contributed by atoms with Crippen LogP contribution in [0.2, 0.25) is 0 Å². The van der Waals surface area contributed by atoms with Crippen LogP contribution in [0.5, 0.6) is 11.5 Å². The zero-order valence-electron chi connectivity index (χ0n) is 15.5. The largest absolute Gasteiger partial charge is 0.497 e. The lowest BCUT2D eigenvalue weighted by Gasteiger charge is -2.19. The maximum absolute atomic E-state index is 12.6. The number of fused-ring (bicyclic) bond motifs is 1. The van der Waals surface area contributed by atoms with Gasteiger partial charge in [-0.3, -0.25) is 14.2 Å². The predicted molar refractivity (Wildman–Crippen MR) is 102 cm³/mol. The van der Waals surface area contributed by atoms with Gasteiger partial charge in [0.2, 0.25) is 5.91 Å². The molecule has 0 fully saturated rings. The topological polar surface area (TPSA) is 73.7 Å². The first kappa shape index (κ1) is 18.4. The first-order chi connectivity index (χ1) is 13.0. The van der Waals surface area contributed by atoms with E-state index in [1.54, 1.807) is 50.4 Å². The lowest BCUT2D eigenvalue weighted by Crippen LogP contribution is -2.33. The van der Waals surface area contributed by atoms with Gasteiger partial charge in [0.05, 0.1) is 31.4 Å². The van der Waals surface area contributed by atoms with Gasteiger partial charge in [0.1, 0.15) is 18.0 Å². The number of likely N-dealkylation sites (N-methyl/N-ethyl adjacent to an activating group) is 1. The number of ether oxygens (including phenoxy) is 2. The number of aromatic nitrogens is 2. The smallest absolute Gasteiger partial charge is 0.261 e. The molecule has 0 radical (unpaired) electrons. The van der Waals surface area contributed by atoms with E-state index in [2.05, 4.69) is 4.98 Å². The summed E-state index contributed by atoms with van der Waals surface area (Å²) in [5, 5.41) is 0.493. The van der Waals surface area contributed by atoms with Gasteiger partial charge in [-0.25, -0.2) is 4.98 Å². The molecule has 140 valence electrons. The molecule has 0 aliphatic carbocycles. The van der Waals surface area contributed by atoms with Crippen LogP contribution in [0.15, 0.2) is 53.6 Å². The molecule has 7 heteroatoms. The molecule has 0 spiro atoms. The van der Waals surface area contributed by atoms with Crippen LogP contribution in [-0.4, -0.2) is 41.6 Å². The Bertz CT molecular complexity index is 1030. The summed E-state index contributed by atoms with van der Waals surface area (Å²) < 4.78 is 11.9. The Balaban J connectivity index is 1.77. The number of hydrogen-bond acceptors (Lipinski definition) is 5. The Hall–Kier alpha value is -3.35. The van der Waals surface area contributed by atoms with Crippen LogP contribution in [0, 0.1) is 0 Å². The van der Waals surface area contributed by atoms with Crippen LogP contribution < -0.4 is 15.0 Å². The van der Waals surface area contributed by atoms with E-state index in [-0.39, 0.29) is 18.0 Å². The summed E-state index contributed by atoms with van der Waals surface area (Å²) in [6.45, 7) is 0.271. The van der Waals surface area contributed by atoms with E-state index >= 15 is 0 Å². The van der Waals surface area contributed by atoms with E-state index in [0.29, 0.717) is 28.9 Å². The first-order valence-electron chi connectivity index (χ1n) is 8.42. The number of hydrogen-bond donors (Lipinski definition) is 0. The molecule has 0 N–H and O–H groups in total. The van der Waals surface area contributed by atoms with Crippen LogP contribution in [0.25, 0.3) is 10.9 Å². The van der Waals surface area contributed by atoms with Crippen molar-refractivity contribution in [1.29, 1.82) is 0 Å².